The molecule has 0 unspecified atom stereocenters. The van der Waals surface area contributed by atoms with Crippen molar-refractivity contribution in [3.8, 4) is 0 Å². The van der Waals surface area contributed by atoms with Crippen LogP contribution in [-0.2, 0) is 4.79 Å². The van der Waals surface area contributed by atoms with Crippen molar-refractivity contribution in [1.29, 1.82) is 0 Å². The number of amides is 2. The SMILES string of the molecule is CC(=O)N1CCN(c2nccc(C(=O)Nc3ccccc3)n2)CC1. The Morgan fingerprint density at radius 1 is 1.04 bits per heavy atom. The molecule has 1 saturated heterocycles. The second-order valence-corrected chi connectivity index (χ2v) is 5.56. The lowest BCUT2D eigenvalue weighted by molar-refractivity contribution is -0.129. The highest BCUT2D eigenvalue weighted by molar-refractivity contribution is 6.02. The maximum atomic E-state index is 12.3. The smallest absolute Gasteiger partial charge is 0.274 e. The van der Waals surface area contributed by atoms with E-state index in [1.165, 1.54) is 0 Å². The van der Waals surface area contributed by atoms with Gasteiger partial charge in [0.15, 0.2) is 0 Å². The lowest BCUT2D eigenvalue weighted by atomic mass is 10.3. The topological polar surface area (TPSA) is 78.4 Å². The maximum absolute atomic E-state index is 12.3. The normalized spacial score (nSPS) is 14.4. The monoisotopic (exact) mass is 325 g/mol. The molecule has 1 aromatic heterocycles. The molecule has 0 saturated carbocycles. The van der Waals surface area contributed by atoms with Crippen LogP contribution in [0.2, 0.25) is 0 Å². The number of nitrogens with zero attached hydrogens (tertiary/aromatic N) is 4. The van der Waals surface area contributed by atoms with Gasteiger partial charge in [0.2, 0.25) is 11.9 Å². The third-order valence-electron chi connectivity index (χ3n) is 3.91. The van der Waals surface area contributed by atoms with Gasteiger partial charge in [-0.25, -0.2) is 9.97 Å². The minimum atomic E-state index is -0.271. The number of piperazine rings is 1. The maximum Gasteiger partial charge on any atom is 0.274 e. The summed E-state index contributed by atoms with van der Waals surface area (Å²) in [4.78, 5) is 36.1. The predicted octanol–water partition coefficient (Wildman–Crippen LogP) is 1.40. The number of carbonyl (C=O) groups excluding carboxylic acids is 2. The van der Waals surface area contributed by atoms with Crippen molar-refractivity contribution in [3.63, 3.8) is 0 Å². The molecule has 7 heteroatoms. The van der Waals surface area contributed by atoms with Crippen molar-refractivity contribution in [2.24, 2.45) is 0 Å². The number of hydrogen-bond acceptors (Lipinski definition) is 5. The number of rotatable bonds is 3. The molecule has 24 heavy (non-hydrogen) atoms. The first-order valence-corrected chi connectivity index (χ1v) is 7.83. The van der Waals surface area contributed by atoms with Gasteiger partial charge >= 0.3 is 0 Å². The molecule has 1 aliphatic rings. The Bertz CT molecular complexity index is 727. The number of para-hydroxylation sites is 1. The van der Waals surface area contributed by atoms with Crippen LogP contribution in [0.5, 0.6) is 0 Å². The molecule has 0 radical (unpaired) electrons. The zero-order valence-corrected chi connectivity index (χ0v) is 13.5. The van der Waals surface area contributed by atoms with Crippen molar-refractivity contribution in [1.82, 2.24) is 14.9 Å². The molecule has 2 amide bonds. The quantitative estimate of drug-likeness (QED) is 0.923. The van der Waals surface area contributed by atoms with Crippen LogP contribution in [0.15, 0.2) is 42.6 Å². The Morgan fingerprint density at radius 3 is 2.42 bits per heavy atom. The lowest BCUT2D eigenvalue weighted by Crippen LogP contribution is -2.48. The average Bonchev–Trinajstić information content (AvgIpc) is 2.63. The van der Waals surface area contributed by atoms with Crippen molar-refractivity contribution in [2.45, 2.75) is 6.92 Å². The van der Waals surface area contributed by atoms with Crippen LogP contribution >= 0.6 is 0 Å². The lowest BCUT2D eigenvalue weighted by Gasteiger charge is -2.34. The van der Waals surface area contributed by atoms with E-state index in [0.29, 0.717) is 37.8 Å². The molecule has 0 aliphatic carbocycles. The van der Waals surface area contributed by atoms with Gasteiger partial charge in [0.1, 0.15) is 5.69 Å². The van der Waals surface area contributed by atoms with Crippen molar-refractivity contribution in [2.75, 3.05) is 36.4 Å². The van der Waals surface area contributed by atoms with Crippen LogP contribution in [-0.4, -0.2) is 52.9 Å². The van der Waals surface area contributed by atoms with Gasteiger partial charge in [-0.3, -0.25) is 9.59 Å². The van der Waals surface area contributed by atoms with Gasteiger partial charge in [0.05, 0.1) is 0 Å². The fourth-order valence-electron chi connectivity index (χ4n) is 2.57. The van der Waals surface area contributed by atoms with E-state index in [4.69, 9.17) is 0 Å². The van der Waals surface area contributed by atoms with Crippen molar-refractivity contribution in [3.05, 3.63) is 48.3 Å². The number of carbonyl (C=O) groups is 2. The first kappa shape index (κ1) is 15.9. The predicted molar refractivity (Wildman–Crippen MR) is 90.9 cm³/mol. The summed E-state index contributed by atoms with van der Waals surface area (Å²) in [5.41, 5.74) is 1.04. The Labute approximate surface area is 140 Å². The van der Waals surface area contributed by atoms with Gasteiger partial charge in [-0.2, -0.15) is 0 Å². The molecule has 2 heterocycles. The molecule has 0 bridgehead atoms. The molecule has 0 atom stereocenters. The molecule has 1 N–H and O–H groups in total. The molecule has 1 fully saturated rings. The summed E-state index contributed by atoms with van der Waals surface area (Å²) < 4.78 is 0. The van der Waals surface area contributed by atoms with Gasteiger partial charge in [0, 0.05) is 45.0 Å². The van der Waals surface area contributed by atoms with E-state index in [1.807, 2.05) is 35.2 Å². The highest BCUT2D eigenvalue weighted by Crippen LogP contribution is 2.13. The standard InChI is InChI=1S/C17H19N5O2/c1-13(23)21-9-11-22(12-10-21)17-18-8-7-15(20-17)16(24)19-14-5-3-2-4-6-14/h2-8H,9-12H2,1H3,(H,19,24). The van der Waals surface area contributed by atoms with Crippen LogP contribution in [0.1, 0.15) is 17.4 Å². The van der Waals surface area contributed by atoms with E-state index in [9.17, 15) is 9.59 Å². The van der Waals surface area contributed by atoms with Crippen LogP contribution in [0, 0.1) is 0 Å². The van der Waals surface area contributed by atoms with Gasteiger partial charge in [0.25, 0.3) is 5.91 Å². The number of anilines is 2. The molecule has 1 aromatic carbocycles. The fraction of sp³-hybridized carbons (Fsp3) is 0.294. The average molecular weight is 325 g/mol. The summed E-state index contributed by atoms with van der Waals surface area (Å²) >= 11 is 0. The number of nitrogens with one attached hydrogen (secondary N) is 1. The molecule has 3 rings (SSSR count). The van der Waals surface area contributed by atoms with Gasteiger partial charge in [-0.05, 0) is 18.2 Å². The van der Waals surface area contributed by atoms with Gasteiger partial charge in [-0.15, -0.1) is 0 Å². The highest BCUT2D eigenvalue weighted by atomic mass is 16.2. The summed E-state index contributed by atoms with van der Waals surface area (Å²) in [5.74, 6) is 0.317. The molecule has 2 aromatic rings. The molecular weight excluding hydrogens is 306 g/mol. The molecule has 0 spiro atoms. The fourth-order valence-corrected chi connectivity index (χ4v) is 2.57. The third kappa shape index (κ3) is 3.68. The molecular formula is C17H19N5O2. The minimum absolute atomic E-state index is 0.0755. The Morgan fingerprint density at radius 2 is 1.75 bits per heavy atom. The van der Waals surface area contributed by atoms with Gasteiger partial charge in [-0.1, -0.05) is 18.2 Å². The summed E-state index contributed by atoms with van der Waals surface area (Å²) in [6.07, 6.45) is 1.58. The van der Waals surface area contributed by atoms with Crippen molar-refractivity contribution < 1.29 is 9.59 Å². The highest BCUT2D eigenvalue weighted by Gasteiger charge is 2.21. The summed E-state index contributed by atoms with van der Waals surface area (Å²) in [6.45, 7) is 4.16. The molecule has 1 aliphatic heterocycles. The van der Waals surface area contributed by atoms with Crippen molar-refractivity contribution >= 4 is 23.5 Å². The van der Waals surface area contributed by atoms with E-state index >= 15 is 0 Å². The number of aromatic nitrogens is 2. The zero-order valence-electron chi connectivity index (χ0n) is 13.5. The first-order chi connectivity index (χ1) is 11.6. The first-order valence-electron chi connectivity index (χ1n) is 7.83. The van der Waals surface area contributed by atoms with E-state index < -0.39 is 0 Å². The van der Waals surface area contributed by atoms with Crippen LogP contribution < -0.4 is 10.2 Å². The molecule has 7 nitrogen and oxygen atoms in total. The van der Waals surface area contributed by atoms with Crippen LogP contribution in [0.25, 0.3) is 0 Å². The second kappa shape index (κ2) is 7.08. The summed E-state index contributed by atoms with van der Waals surface area (Å²) in [7, 11) is 0. The van der Waals surface area contributed by atoms with E-state index in [-0.39, 0.29) is 11.8 Å². The minimum Gasteiger partial charge on any atom is -0.339 e. The Balaban J connectivity index is 1.68. The Hall–Kier alpha value is -2.96. The second-order valence-electron chi connectivity index (χ2n) is 5.56. The van der Waals surface area contributed by atoms with Crippen LogP contribution in [0.3, 0.4) is 0 Å². The summed E-state index contributed by atoms with van der Waals surface area (Å²) in [5, 5.41) is 2.81. The Kier molecular flexibility index (Phi) is 4.69. The number of benzene rings is 1. The number of hydrogen-bond donors (Lipinski definition) is 1. The third-order valence-corrected chi connectivity index (χ3v) is 3.91. The molecule has 124 valence electrons. The van der Waals surface area contributed by atoms with Gasteiger partial charge < -0.3 is 15.1 Å². The van der Waals surface area contributed by atoms with Crippen LogP contribution in [0.4, 0.5) is 11.6 Å². The zero-order chi connectivity index (χ0) is 16.9. The van der Waals surface area contributed by atoms with E-state index in [1.54, 1.807) is 24.1 Å². The van der Waals surface area contributed by atoms with E-state index in [0.717, 1.165) is 5.69 Å². The summed E-state index contributed by atoms with van der Waals surface area (Å²) in [6, 6.07) is 10.8. The largest absolute Gasteiger partial charge is 0.339 e. The van der Waals surface area contributed by atoms with E-state index in [2.05, 4.69) is 15.3 Å².